The molecule has 1 aromatic heterocycles. The van der Waals surface area contributed by atoms with Gasteiger partial charge in [0.25, 0.3) is 0 Å². The average molecular weight is 256 g/mol. The second-order valence-electron chi connectivity index (χ2n) is 6.11. The van der Waals surface area contributed by atoms with Crippen LogP contribution in [0.15, 0.2) is 30.5 Å². The summed E-state index contributed by atoms with van der Waals surface area (Å²) >= 11 is 0. The number of hydrogen-bond donors (Lipinski definition) is 2. The lowest BCUT2D eigenvalue weighted by Gasteiger charge is -2.26. The topological polar surface area (TPSA) is 27.8 Å². The first-order valence-corrected chi connectivity index (χ1v) is 7.58. The fourth-order valence-electron chi connectivity index (χ4n) is 3.25. The van der Waals surface area contributed by atoms with Gasteiger partial charge in [0.05, 0.1) is 0 Å². The second kappa shape index (κ2) is 5.79. The van der Waals surface area contributed by atoms with Crippen molar-refractivity contribution < 1.29 is 0 Å². The minimum Gasteiger partial charge on any atom is -0.361 e. The van der Waals surface area contributed by atoms with E-state index in [0.29, 0.717) is 0 Å². The van der Waals surface area contributed by atoms with Gasteiger partial charge in [0.1, 0.15) is 0 Å². The molecule has 3 rings (SSSR count). The molecule has 0 atom stereocenters. The van der Waals surface area contributed by atoms with Crippen molar-refractivity contribution in [2.75, 3.05) is 6.54 Å². The Morgan fingerprint density at radius 2 is 2.00 bits per heavy atom. The Labute approximate surface area is 115 Å². The van der Waals surface area contributed by atoms with Crippen molar-refractivity contribution in [3.63, 3.8) is 0 Å². The summed E-state index contributed by atoms with van der Waals surface area (Å²) in [6.07, 6.45) is 7.67. The predicted octanol–water partition coefficient (Wildman–Crippen LogP) is 4.08. The van der Waals surface area contributed by atoms with E-state index in [0.717, 1.165) is 18.4 Å². The quantitative estimate of drug-likeness (QED) is 0.847. The number of benzene rings is 1. The normalized spacial score (nSPS) is 23.8. The lowest BCUT2D eigenvalue weighted by molar-refractivity contribution is 0.281. The van der Waals surface area contributed by atoms with E-state index in [4.69, 9.17) is 0 Å². The highest BCUT2D eigenvalue weighted by atomic mass is 14.9. The monoisotopic (exact) mass is 256 g/mol. The number of fused-ring (bicyclic) bond motifs is 1. The van der Waals surface area contributed by atoms with Crippen molar-refractivity contribution in [2.45, 2.75) is 39.2 Å². The molecule has 1 saturated carbocycles. The van der Waals surface area contributed by atoms with E-state index in [2.05, 4.69) is 41.5 Å². The van der Waals surface area contributed by atoms with Crippen LogP contribution in [0.2, 0.25) is 0 Å². The number of rotatable bonds is 4. The molecule has 1 aliphatic carbocycles. The number of H-pyrrole nitrogens is 1. The van der Waals surface area contributed by atoms with Gasteiger partial charge in [-0.3, -0.25) is 0 Å². The molecule has 102 valence electrons. The molecule has 2 nitrogen and oxygen atoms in total. The van der Waals surface area contributed by atoms with Crippen molar-refractivity contribution >= 4 is 10.9 Å². The van der Waals surface area contributed by atoms with Crippen LogP contribution >= 0.6 is 0 Å². The molecule has 0 saturated heterocycles. The van der Waals surface area contributed by atoms with Gasteiger partial charge in [-0.1, -0.05) is 31.9 Å². The molecule has 0 unspecified atom stereocenters. The smallest absolute Gasteiger partial charge is 0.0457 e. The zero-order valence-electron chi connectivity index (χ0n) is 11.8. The van der Waals surface area contributed by atoms with E-state index < -0.39 is 0 Å². The third kappa shape index (κ3) is 3.01. The van der Waals surface area contributed by atoms with Crippen LogP contribution in [0.25, 0.3) is 10.9 Å². The zero-order valence-corrected chi connectivity index (χ0v) is 11.8. The Kier molecular flexibility index (Phi) is 3.88. The maximum Gasteiger partial charge on any atom is 0.0457 e. The van der Waals surface area contributed by atoms with Gasteiger partial charge >= 0.3 is 0 Å². The van der Waals surface area contributed by atoms with Gasteiger partial charge in [-0.15, -0.1) is 0 Å². The van der Waals surface area contributed by atoms with Gasteiger partial charge < -0.3 is 10.3 Å². The van der Waals surface area contributed by atoms with E-state index in [-0.39, 0.29) is 0 Å². The molecule has 2 N–H and O–H groups in total. The zero-order chi connectivity index (χ0) is 13.1. The van der Waals surface area contributed by atoms with Gasteiger partial charge in [0, 0.05) is 23.6 Å². The molecule has 0 bridgehead atoms. The van der Waals surface area contributed by atoms with Gasteiger partial charge in [0.2, 0.25) is 0 Å². The standard InChI is InChI=1S/C17H24N2/c1-13-5-7-14(8-6-13)11-18-12-15-3-2-4-17-16(15)9-10-19-17/h2-4,9-10,13-14,18-19H,5-8,11-12H2,1H3. The van der Waals surface area contributed by atoms with Crippen LogP contribution in [-0.2, 0) is 6.54 Å². The highest BCUT2D eigenvalue weighted by molar-refractivity contribution is 5.82. The molecule has 1 heterocycles. The van der Waals surface area contributed by atoms with Crippen molar-refractivity contribution in [3.05, 3.63) is 36.0 Å². The molecule has 0 spiro atoms. The Hall–Kier alpha value is -1.28. The number of nitrogens with one attached hydrogen (secondary N) is 2. The first-order chi connectivity index (χ1) is 9.33. The summed E-state index contributed by atoms with van der Waals surface area (Å²) in [4.78, 5) is 3.28. The first-order valence-electron chi connectivity index (χ1n) is 7.58. The summed E-state index contributed by atoms with van der Waals surface area (Å²) < 4.78 is 0. The van der Waals surface area contributed by atoms with E-state index in [1.165, 1.54) is 48.7 Å². The van der Waals surface area contributed by atoms with Crippen LogP contribution in [-0.4, -0.2) is 11.5 Å². The SMILES string of the molecule is CC1CCC(CNCc2cccc3[nH]ccc23)CC1. The Morgan fingerprint density at radius 1 is 1.16 bits per heavy atom. The summed E-state index contributed by atoms with van der Waals surface area (Å²) in [5.74, 6) is 1.84. The highest BCUT2D eigenvalue weighted by Crippen LogP contribution is 2.27. The minimum absolute atomic E-state index is 0.890. The van der Waals surface area contributed by atoms with Gasteiger partial charge in [0.15, 0.2) is 0 Å². The summed E-state index contributed by atoms with van der Waals surface area (Å²) in [7, 11) is 0. The maximum absolute atomic E-state index is 3.65. The molecule has 0 radical (unpaired) electrons. The molecular weight excluding hydrogens is 232 g/mol. The lowest BCUT2D eigenvalue weighted by Crippen LogP contribution is -2.25. The number of hydrogen-bond acceptors (Lipinski definition) is 1. The summed E-state index contributed by atoms with van der Waals surface area (Å²) in [6, 6.07) is 8.68. The highest BCUT2D eigenvalue weighted by Gasteiger charge is 2.17. The van der Waals surface area contributed by atoms with Gasteiger partial charge in [-0.25, -0.2) is 0 Å². The Balaban J connectivity index is 1.53. The van der Waals surface area contributed by atoms with Crippen LogP contribution in [0.4, 0.5) is 0 Å². The third-order valence-corrected chi connectivity index (χ3v) is 4.57. The fraction of sp³-hybridized carbons (Fsp3) is 0.529. The molecule has 1 fully saturated rings. The first kappa shape index (κ1) is 12.7. The van der Waals surface area contributed by atoms with E-state index in [1.54, 1.807) is 0 Å². The summed E-state index contributed by atoms with van der Waals surface area (Å²) in [5.41, 5.74) is 2.65. The van der Waals surface area contributed by atoms with Crippen molar-refractivity contribution in [3.8, 4) is 0 Å². The van der Waals surface area contributed by atoms with Gasteiger partial charge in [-0.05, 0) is 48.9 Å². The minimum atomic E-state index is 0.890. The Morgan fingerprint density at radius 3 is 2.84 bits per heavy atom. The van der Waals surface area contributed by atoms with Crippen molar-refractivity contribution in [1.29, 1.82) is 0 Å². The fourth-order valence-corrected chi connectivity index (χ4v) is 3.25. The average Bonchev–Trinajstić information content (AvgIpc) is 2.90. The third-order valence-electron chi connectivity index (χ3n) is 4.57. The van der Waals surface area contributed by atoms with E-state index in [9.17, 15) is 0 Å². The largest absolute Gasteiger partial charge is 0.361 e. The lowest BCUT2D eigenvalue weighted by atomic mass is 9.83. The second-order valence-corrected chi connectivity index (χ2v) is 6.11. The van der Waals surface area contributed by atoms with Crippen LogP contribution in [0.1, 0.15) is 38.2 Å². The van der Waals surface area contributed by atoms with Crippen LogP contribution < -0.4 is 5.32 Å². The van der Waals surface area contributed by atoms with E-state index in [1.807, 2.05) is 6.20 Å². The molecule has 0 amide bonds. The van der Waals surface area contributed by atoms with Crippen molar-refractivity contribution in [1.82, 2.24) is 10.3 Å². The number of aromatic amines is 1. The van der Waals surface area contributed by atoms with Crippen LogP contribution in [0.3, 0.4) is 0 Å². The molecule has 2 heteroatoms. The van der Waals surface area contributed by atoms with Crippen molar-refractivity contribution in [2.24, 2.45) is 11.8 Å². The molecule has 1 aromatic carbocycles. The van der Waals surface area contributed by atoms with E-state index >= 15 is 0 Å². The molecule has 1 aliphatic rings. The predicted molar refractivity (Wildman–Crippen MR) is 81.1 cm³/mol. The molecule has 0 aliphatic heterocycles. The van der Waals surface area contributed by atoms with Crippen LogP contribution in [0, 0.1) is 11.8 Å². The summed E-state index contributed by atoms with van der Waals surface area (Å²) in [6.45, 7) is 4.55. The Bertz CT molecular complexity index is 521. The molecule has 19 heavy (non-hydrogen) atoms. The maximum atomic E-state index is 3.65. The molecule has 2 aromatic rings. The summed E-state index contributed by atoms with van der Waals surface area (Å²) in [5, 5.41) is 5.01. The van der Waals surface area contributed by atoms with Gasteiger partial charge in [-0.2, -0.15) is 0 Å². The molecular formula is C17H24N2. The van der Waals surface area contributed by atoms with Crippen LogP contribution in [0.5, 0.6) is 0 Å². The number of aromatic nitrogens is 1.